The molecule has 0 saturated carbocycles. The number of carbonyl (C=O) groups excluding carboxylic acids is 2. The van der Waals surface area contributed by atoms with Crippen LogP contribution in [0, 0.1) is 0 Å². The molecule has 5 nitrogen and oxygen atoms in total. The van der Waals surface area contributed by atoms with Crippen LogP contribution in [-0.2, 0) is 9.53 Å². The highest BCUT2D eigenvalue weighted by Gasteiger charge is 2.18. The van der Waals surface area contributed by atoms with Gasteiger partial charge in [0.05, 0.1) is 7.11 Å². The number of amides is 1. The summed E-state index contributed by atoms with van der Waals surface area (Å²) >= 11 is 0. The molecule has 1 atom stereocenters. The molecule has 0 aromatic heterocycles. The van der Waals surface area contributed by atoms with Crippen LogP contribution < -0.4 is 10.5 Å². The molecule has 0 aliphatic heterocycles. The Morgan fingerprint density at radius 1 is 1.31 bits per heavy atom. The van der Waals surface area contributed by atoms with Crippen LogP contribution in [0.1, 0.15) is 17.3 Å². The van der Waals surface area contributed by atoms with E-state index in [-0.39, 0.29) is 5.56 Å². The summed E-state index contributed by atoms with van der Waals surface area (Å²) in [5.41, 5.74) is 5.25. The number of primary amides is 1. The monoisotopic (exact) mass is 223 g/mol. The van der Waals surface area contributed by atoms with Gasteiger partial charge in [0.15, 0.2) is 6.10 Å². The molecule has 5 heteroatoms. The quantitative estimate of drug-likeness (QED) is 0.763. The summed E-state index contributed by atoms with van der Waals surface area (Å²) in [6.07, 6.45) is -0.961. The Kier molecular flexibility index (Phi) is 3.88. The maximum Gasteiger partial charge on any atom is 0.342 e. The van der Waals surface area contributed by atoms with Crippen molar-refractivity contribution in [1.82, 2.24) is 0 Å². The molecule has 1 aromatic rings. The van der Waals surface area contributed by atoms with Gasteiger partial charge in [-0.15, -0.1) is 0 Å². The fourth-order valence-electron chi connectivity index (χ4n) is 1.10. The van der Waals surface area contributed by atoms with Gasteiger partial charge in [0.1, 0.15) is 11.3 Å². The van der Waals surface area contributed by atoms with E-state index in [0.29, 0.717) is 5.75 Å². The van der Waals surface area contributed by atoms with Gasteiger partial charge in [-0.05, 0) is 19.1 Å². The Bertz CT molecular complexity index is 403. The van der Waals surface area contributed by atoms with E-state index in [1.54, 1.807) is 24.3 Å². The molecule has 1 rings (SSSR count). The molecular formula is C11H13NO4. The second-order valence-electron chi connectivity index (χ2n) is 3.15. The number of rotatable bonds is 4. The Hall–Kier alpha value is -2.04. The van der Waals surface area contributed by atoms with Crippen LogP contribution in [0.25, 0.3) is 0 Å². The zero-order valence-electron chi connectivity index (χ0n) is 9.10. The second-order valence-corrected chi connectivity index (χ2v) is 3.15. The smallest absolute Gasteiger partial charge is 0.342 e. The van der Waals surface area contributed by atoms with Gasteiger partial charge in [0, 0.05) is 0 Å². The van der Waals surface area contributed by atoms with Crippen molar-refractivity contribution >= 4 is 11.9 Å². The van der Waals surface area contributed by atoms with Crippen LogP contribution in [0.3, 0.4) is 0 Å². The van der Waals surface area contributed by atoms with Crippen molar-refractivity contribution in [3.63, 3.8) is 0 Å². The van der Waals surface area contributed by atoms with Gasteiger partial charge in [0.2, 0.25) is 0 Å². The molecule has 2 N–H and O–H groups in total. The minimum Gasteiger partial charge on any atom is -0.496 e. The zero-order chi connectivity index (χ0) is 12.1. The molecule has 0 spiro atoms. The van der Waals surface area contributed by atoms with E-state index in [4.69, 9.17) is 15.2 Å². The molecule has 0 radical (unpaired) electrons. The first-order chi connectivity index (χ1) is 7.56. The number of hydrogen-bond donors (Lipinski definition) is 1. The summed E-state index contributed by atoms with van der Waals surface area (Å²) in [4.78, 5) is 22.4. The first-order valence-electron chi connectivity index (χ1n) is 4.69. The zero-order valence-corrected chi connectivity index (χ0v) is 9.10. The molecule has 0 fully saturated rings. The van der Waals surface area contributed by atoms with Gasteiger partial charge in [-0.1, -0.05) is 12.1 Å². The van der Waals surface area contributed by atoms with E-state index in [2.05, 4.69) is 0 Å². The fraction of sp³-hybridized carbons (Fsp3) is 0.273. The standard InChI is InChI=1S/C11H13NO4/c1-7(10(12)13)16-11(14)8-5-3-4-6-9(8)15-2/h3-7H,1-2H3,(H2,12,13)/t7-/m0/s1. The number of benzene rings is 1. The average molecular weight is 223 g/mol. The van der Waals surface area contributed by atoms with Gasteiger partial charge >= 0.3 is 5.97 Å². The van der Waals surface area contributed by atoms with Crippen molar-refractivity contribution in [3.8, 4) is 5.75 Å². The second kappa shape index (κ2) is 5.16. The number of hydrogen-bond acceptors (Lipinski definition) is 4. The van der Waals surface area contributed by atoms with E-state index in [1.165, 1.54) is 14.0 Å². The van der Waals surface area contributed by atoms with E-state index < -0.39 is 18.0 Å². The minimum atomic E-state index is -0.961. The molecular weight excluding hydrogens is 210 g/mol. The lowest BCUT2D eigenvalue weighted by Gasteiger charge is -2.11. The summed E-state index contributed by atoms with van der Waals surface area (Å²) < 4.78 is 9.84. The van der Waals surface area contributed by atoms with E-state index in [1.807, 2.05) is 0 Å². The SMILES string of the molecule is COc1ccccc1C(=O)O[C@@H](C)C(N)=O. The largest absolute Gasteiger partial charge is 0.496 e. The maximum atomic E-state index is 11.6. The molecule has 0 unspecified atom stereocenters. The lowest BCUT2D eigenvalue weighted by atomic mass is 10.2. The summed E-state index contributed by atoms with van der Waals surface area (Å²) in [6.45, 7) is 1.41. The Morgan fingerprint density at radius 2 is 1.94 bits per heavy atom. The number of nitrogens with two attached hydrogens (primary N) is 1. The molecule has 0 aliphatic carbocycles. The predicted molar refractivity (Wildman–Crippen MR) is 57.1 cm³/mol. The lowest BCUT2D eigenvalue weighted by molar-refractivity contribution is -0.125. The van der Waals surface area contributed by atoms with Gasteiger partial charge in [-0.3, -0.25) is 4.79 Å². The molecule has 1 amide bonds. The number of esters is 1. The van der Waals surface area contributed by atoms with Gasteiger partial charge in [0.25, 0.3) is 5.91 Å². The van der Waals surface area contributed by atoms with Crippen molar-refractivity contribution in [2.24, 2.45) is 5.73 Å². The number of carbonyl (C=O) groups is 2. The maximum absolute atomic E-state index is 11.6. The minimum absolute atomic E-state index is 0.262. The number of ether oxygens (including phenoxy) is 2. The molecule has 0 heterocycles. The van der Waals surface area contributed by atoms with Crippen molar-refractivity contribution in [2.75, 3.05) is 7.11 Å². The van der Waals surface area contributed by atoms with Crippen molar-refractivity contribution in [3.05, 3.63) is 29.8 Å². The fourth-order valence-corrected chi connectivity index (χ4v) is 1.10. The van der Waals surface area contributed by atoms with Gasteiger partial charge in [-0.25, -0.2) is 4.79 Å². The lowest BCUT2D eigenvalue weighted by Crippen LogP contribution is -2.30. The Balaban J connectivity index is 2.84. The van der Waals surface area contributed by atoms with E-state index in [0.717, 1.165) is 0 Å². The Labute approximate surface area is 93.1 Å². The summed E-state index contributed by atoms with van der Waals surface area (Å²) in [6, 6.07) is 6.58. The molecule has 0 aliphatic rings. The van der Waals surface area contributed by atoms with Crippen LogP contribution in [-0.4, -0.2) is 25.1 Å². The van der Waals surface area contributed by atoms with E-state index in [9.17, 15) is 9.59 Å². The topological polar surface area (TPSA) is 78.6 Å². The first-order valence-corrected chi connectivity index (χ1v) is 4.69. The molecule has 0 saturated heterocycles. The third-order valence-corrected chi connectivity index (χ3v) is 2.01. The molecule has 86 valence electrons. The highest BCUT2D eigenvalue weighted by Crippen LogP contribution is 2.18. The van der Waals surface area contributed by atoms with Gasteiger partial charge in [-0.2, -0.15) is 0 Å². The van der Waals surface area contributed by atoms with Crippen molar-refractivity contribution in [1.29, 1.82) is 0 Å². The predicted octanol–water partition coefficient (Wildman–Crippen LogP) is 0.726. The van der Waals surface area contributed by atoms with Crippen LogP contribution >= 0.6 is 0 Å². The normalized spacial score (nSPS) is 11.6. The summed E-state index contributed by atoms with van der Waals surface area (Å²) in [5, 5.41) is 0. The third-order valence-electron chi connectivity index (χ3n) is 2.01. The van der Waals surface area contributed by atoms with Gasteiger partial charge < -0.3 is 15.2 Å². The van der Waals surface area contributed by atoms with E-state index >= 15 is 0 Å². The highest BCUT2D eigenvalue weighted by molar-refractivity contribution is 5.94. The summed E-state index contributed by atoms with van der Waals surface area (Å²) in [7, 11) is 1.45. The van der Waals surface area contributed by atoms with Crippen LogP contribution in [0.15, 0.2) is 24.3 Å². The molecule has 1 aromatic carbocycles. The number of methoxy groups -OCH3 is 1. The first kappa shape index (κ1) is 12.0. The van der Waals surface area contributed by atoms with Crippen molar-refractivity contribution in [2.45, 2.75) is 13.0 Å². The average Bonchev–Trinajstić information content (AvgIpc) is 2.28. The third kappa shape index (κ3) is 2.73. The highest BCUT2D eigenvalue weighted by atomic mass is 16.5. The number of para-hydroxylation sites is 1. The van der Waals surface area contributed by atoms with Crippen LogP contribution in [0.2, 0.25) is 0 Å². The van der Waals surface area contributed by atoms with Crippen molar-refractivity contribution < 1.29 is 19.1 Å². The summed E-state index contributed by atoms with van der Waals surface area (Å²) in [5.74, 6) is -0.934. The Morgan fingerprint density at radius 3 is 2.50 bits per heavy atom. The molecule has 16 heavy (non-hydrogen) atoms. The molecule has 0 bridgehead atoms. The van der Waals surface area contributed by atoms with Crippen LogP contribution in [0.5, 0.6) is 5.75 Å². The van der Waals surface area contributed by atoms with Crippen LogP contribution in [0.4, 0.5) is 0 Å².